The van der Waals surface area contributed by atoms with Crippen molar-refractivity contribution < 1.29 is 19.1 Å². The van der Waals surface area contributed by atoms with Crippen molar-refractivity contribution in [1.82, 2.24) is 0 Å². The van der Waals surface area contributed by atoms with Crippen LogP contribution in [0.15, 0.2) is 30.3 Å². The van der Waals surface area contributed by atoms with Crippen LogP contribution in [0.2, 0.25) is 0 Å². The van der Waals surface area contributed by atoms with Gasteiger partial charge in [-0.05, 0) is 55.0 Å². The molecule has 5 heteroatoms. The fourth-order valence-corrected chi connectivity index (χ4v) is 3.81. The Bertz CT molecular complexity index is 692. The van der Waals surface area contributed by atoms with Gasteiger partial charge in [0.1, 0.15) is 11.5 Å². The van der Waals surface area contributed by atoms with E-state index in [0.29, 0.717) is 10.4 Å². The van der Waals surface area contributed by atoms with Crippen LogP contribution in [-0.4, -0.2) is 19.0 Å². The summed E-state index contributed by atoms with van der Waals surface area (Å²) in [4.78, 5) is 25.5. The van der Waals surface area contributed by atoms with Gasteiger partial charge in [0.2, 0.25) is 0 Å². The minimum Gasteiger partial charge on any atom is -0.465 e. The molecule has 1 aliphatic rings. The van der Waals surface area contributed by atoms with E-state index in [1.165, 1.54) is 30.4 Å². The molecule has 3 rings (SSSR count). The van der Waals surface area contributed by atoms with Gasteiger partial charge in [-0.3, -0.25) is 0 Å². The van der Waals surface area contributed by atoms with E-state index in [4.69, 9.17) is 4.74 Å². The van der Waals surface area contributed by atoms with Gasteiger partial charge in [-0.1, -0.05) is 12.1 Å². The fourth-order valence-electron chi connectivity index (χ4n) is 2.67. The first-order valence-corrected chi connectivity index (χ1v) is 8.45. The highest BCUT2D eigenvalue weighted by Gasteiger charge is 2.18. The van der Waals surface area contributed by atoms with Crippen LogP contribution in [0.4, 0.5) is 0 Å². The lowest BCUT2D eigenvalue weighted by Crippen LogP contribution is -2.04. The number of fused-ring (bicyclic) bond motifs is 1. The molecule has 1 aromatic heterocycles. The summed E-state index contributed by atoms with van der Waals surface area (Å²) in [5, 5.41) is 0. The Labute approximate surface area is 139 Å². The molecule has 2 aromatic rings. The average molecular weight is 330 g/mol. The molecule has 0 unspecified atom stereocenters. The molecule has 0 N–H and O–H groups in total. The number of thiophene rings is 1. The summed E-state index contributed by atoms with van der Waals surface area (Å²) in [5.41, 5.74) is 2.62. The van der Waals surface area contributed by atoms with Crippen LogP contribution in [0, 0.1) is 0 Å². The van der Waals surface area contributed by atoms with Gasteiger partial charge in [0, 0.05) is 4.88 Å². The van der Waals surface area contributed by atoms with Gasteiger partial charge in [0.25, 0.3) is 0 Å². The summed E-state index contributed by atoms with van der Waals surface area (Å²) >= 11 is 1.55. The third-order valence-electron chi connectivity index (χ3n) is 3.94. The number of benzene rings is 1. The molecule has 1 heterocycles. The molecule has 0 aliphatic heterocycles. The third-order valence-corrected chi connectivity index (χ3v) is 5.16. The summed E-state index contributed by atoms with van der Waals surface area (Å²) < 4.78 is 10.0. The van der Waals surface area contributed by atoms with E-state index in [2.05, 4.69) is 4.74 Å². The molecule has 0 saturated heterocycles. The standard InChI is InChI=1S/C18H18O4S/c1-21-17(19)13-8-6-12(7-9-13)11-22-18(20)16-10-14-4-2-3-5-15(14)23-16/h6-10H,2-5,11H2,1H3. The van der Waals surface area contributed by atoms with Gasteiger partial charge in [0.05, 0.1) is 12.7 Å². The van der Waals surface area contributed by atoms with Crippen LogP contribution in [0.1, 0.15) is 48.9 Å². The minimum atomic E-state index is -0.377. The van der Waals surface area contributed by atoms with Gasteiger partial charge >= 0.3 is 11.9 Å². The predicted octanol–water partition coefficient (Wildman–Crippen LogP) is 3.77. The lowest BCUT2D eigenvalue weighted by molar-refractivity contribution is 0.0477. The zero-order chi connectivity index (χ0) is 16.2. The predicted molar refractivity (Wildman–Crippen MR) is 87.9 cm³/mol. The highest BCUT2D eigenvalue weighted by molar-refractivity contribution is 7.14. The summed E-state index contributed by atoms with van der Waals surface area (Å²) in [6.07, 6.45) is 4.54. The van der Waals surface area contributed by atoms with Gasteiger partial charge in [-0.15, -0.1) is 11.3 Å². The Kier molecular flexibility index (Phi) is 4.76. The molecular weight excluding hydrogens is 312 g/mol. The second kappa shape index (κ2) is 6.96. The Balaban J connectivity index is 1.60. The first-order valence-electron chi connectivity index (χ1n) is 7.63. The molecule has 0 atom stereocenters. The Morgan fingerprint density at radius 1 is 1.09 bits per heavy atom. The van der Waals surface area contributed by atoms with Crippen molar-refractivity contribution in [2.24, 2.45) is 0 Å². The average Bonchev–Trinajstić information content (AvgIpc) is 3.03. The molecule has 0 spiro atoms. The number of carbonyl (C=O) groups is 2. The van der Waals surface area contributed by atoms with E-state index in [-0.39, 0.29) is 18.5 Å². The Morgan fingerprint density at radius 3 is 2.52 bits per heavy atom. The highest BCUT2D eigenvalue weighted by Crippen LogP contribution is 2.30. The maximum Gasteiger partial charge on any atom is 0.348 e. The molecule has 0 radical (unpaired) electrons. The van der Waals surface area contributed by atoms with Crippen LogP contribution in [0.5, 0.6) is 0 Å². The van der Waals surface area contributed by atoms with Crippen LogP contribution >= 0.6 is 11.3 Å². The zero-order valence-electron chi connectivity index (χ0n) is 13.0. The van der Waals surface area contributed by atoms with Gasteiger partial charge in [0.15, 0.2) is 0 Å². The van der Waals surface area contributed by atoms with Gasteiger partial charge < -0.3 is 9.47 Å². The van der Waals surface area contributed by atoms with Crippen LogP contribution in [0.3, 0.4) is 0 Å². The van der Waals surface area contributed by atoms with E-state index in [1.807, 2.05) is 6.07 Å². The largest absolute Gasteiger partial charge is 0.465 e. The summed E-state index contributed by atoms with van der Waals surface area (Å²) in [5.74, 6) is -0.654. The molecule has 1 aromatic carbocycles. The molecule has 1 aliphatic carbocycles. The van der Waals surface area contributed by atoms with Crippen molar-refractivity contribution in [2.45, 2.75) is 32.3 Å². The normalized spacial score (nSPS) is 13.3. The van der Waals surface area contributed by atoms with Crippen LogP contribution < -0.4 is 0 Å². The Morgan fingerprint density at radius 2 is 1.83 bits per heavy atom. The SMILES string of the molecule is COC(=O)c1ccc(COC(=O)c2cc3c(s2)CCCC3)cc1. The number of esters is 2. The molecule has 0 amide bonds. The van der Waals surface area contributed by atoms with Crippen molar-refractivity contribution in [3.63, 3.8) is 0 Å². The summed E-state index contributed by atoms with van der Waals surface area (Å²) in [6, 6.07) is 8.83. The van der Waals surface area contributed by atoms with Gasteiger partial charge in [-0.2, -0.15) is 0 Å². The third kappa shape index (κ3) is 3.62. The lowest BCUT2D eigenvalue weighted by Gasteiger charge is -2.08. The smallest absolute Gasteiger partial charge is 0.348 e. The number of hydrogen-bond acceptors (Lipinski definition) is 5. The van der Waals surface area contributed by atoms with Crippen molar-refractivity contribution in [1.29, 1.82) is 0 Å². The molecule has 0 saturated carbocycles. The van der Waals surface area contributed by atoms with Crippen LogP contribution in [0.25, 0.3) is 0 Å². The molecule has 120 valence electrons. The summed E-state index contributed by atoms with van der Waals surface area (Å²) in [6.45, 7) is 0.197. The molecular formula is C18H18O4S. The zero-order valence-corrected chi connectivity index (χ0v) is 13.8. The van der Waals surface area contributed by atoms with E-state index >= 15 is 0 Å². The maximum absolute atomic E-state index is 12.2. The number of hydrogen-bond donors (Lipinski definition) is 0. The quantitative estimate of drug-likeness (QED) is 0.801. The number of ether oxygens (including phenoxy) is 2. The Hall–Kier alpha value is -2.14. The second-order valence-electron chi connectivity index (χ2n) is 5.53. The first-order chi connectivity index (χ1) is 11.2. The van der Waals surface area contributed by atoms with E-state index in [0.717, 1.165) is 18.4 Å². The van der Waals surface area contributed by atoms with E-state index in [9.17, 15) is 9.59 Å². The fraction of sp³-hybridized carbons (Fsp3) is 0.333. The summed E-state index contributed by atoms with van der Waals surface area (Å²) in [7, 11) is 1.35. The number of carbonyl (C=O) groups excluding carboxylic acids is 2. The molecule has 23 heavy (non-hydrogen) atoms. The maximum atomic E-state index is 12.2. The molecule has 4 nitrogen and oxygen atoms in total. The van der Waals surface area contributed by atoms with Crippen molar-refractivity contribution in [3.05, 3.63) is 56.8 Å². The minimum absolute atomic E-state index is 0.197. The second-order valence-corrected chi connectivity index (χ2v) is 6.67. The monoisotopic (exact) mass is 330 g/mol. The van der Waals surface area contributed by atoms with Crippen molar-refractivity contribution in [3.8, 4) is 0 Å². The van der Waals surface area contributed by atoms with Crippen molar-refractivity contribution in [2.75, 3.05) is 7.11 Å². The van der Waals surface area contributed by atoms with Crippen LogP contribution in [-0.2, 0) is 28.9 Å². The highest BCUT2D eigenvalue weighted by atomic mass is 32.1. The first kappa shape index (κ1) is 15.7. The van der Waals surface area contributed by atoms with Crippen molar-refractivity contribution >= 4 is 23.3 Å². The number of aryl methyl sites for hydroxylation is 2. The molecule has 0 bridgehead atoms. The number of rotatable bonds is 4. The van der Waals surface area contributed by atoms with E-state index < -0.39 is 0 Å². The van der Waals surface area contributed by atoms with E-state index in [1.54, 1.807) is 35.6 Å². The van der Waals surface area contributed by atoms with Gasteiger partial charge in [-0.25, -0.2) is 9.59 Å². The molecule has 0 fully saturated rings. The number of methoxy groups -OCH3 is 1. The lowest BCUT2D eigenvalue weighted by atomic mass is 9.99. The topological polar surface area (TPSA) is 52.6 Å².